The highest BCUT2D eigenvalue weighted by molar-refractivity contribution is 5.94. The van der Waals surface area contributed by atoms with Crippen molar-refractivity contribution in [3.05, 3.63) is 53.8 Å². The molecule has 0 saturated carbocycles. The number of amides is 1. The van der Waals surface area contributed by atoms with E-state index in [-0.39, 0.29) is 11.7 Å². The number of hydrogen-bond acceptors (Lipinski definition) is 4. The Labute approximate surface area is 206 Å². The number of β-amino-alcohol motifs (C(OH)–C–C–N with tert-alkyl or cyclic N) is 1. The van der Waals surface area contributed by atoms with Crippen LogP contribution in [0.15, 0.2) is 42.5 Å². The summed E-state index contributed by atoms with van der Waals surface area (Å²) in [5, 5.41) is 9.82. The summed E-state index contributed by atoms with van der Waals surface area (Å²) in [5.74, 6) is 0.0571. The lowest BCUT2D eigenvalue weighted by Gasteiger charge is -2.34. The van der Waals surface area contributed by atoms with Gasteiger partial charge in [0, 0.05) is 25.2 Å². The molecular weight excluding hydrogens is 450 g/mol. The first kappa shape index (κ1) is 25.6. The van der Waals surface area contributed by atoms with Crippen LogP contribution in [0, 0.1) is 11.7 Å². The molecule has 2 aliphatic rings. The van der Waals surface area contributed by atoms with Crippen LogP contribution in [0.5, 0.6) is 5.75 Å². The van der Waals surface area contributed by atoms with Crippen molar-refractivity contribution < 1.29 is 23.4 Å². The first-order valence-corrected chi connectivity index (χ1v) is 12.6. The Morgan fingerprint density at radius 2 is 1.74 bits per heavy atom. The Balaban J connectivity index is 1.31. The Morgan fingerprint density at radius 1 is 1.06 bits per heavy atom. The summed E-state index contributed by atoms with van der Waals surface area (Å²) >= 11 is 0. The summed E-state index contributed by atoms with van der Waals surface area (Å²) in [7, 11) is 0. The zero-order valence-corrected chi connectivity index (χ0v) is 20.7. The molecule has 35 heavy (non-hydrogen) atoms. The van der Waals surface area contributed by atoms with Gasteiger partial charge in [0.1, 0.15) is 5.67 Å². The van der Waals surface area contributed by atoms with Crippen LogP contribution in [-0.2, 0) is 0 Å². The summed E-state index contributed by atoms with van der Waals surface area (Å²) in [4.78, 5) is 16.5. The molecule has 1 N–H and O–H groups in total. The van der Waals surface area contributed by atoms with Crippen LogP contribution in [0.2, 0.25) is 0 Å². The summed E-state index contributed by atoms with van der Waals surface area (Å²) < 4.78 is 34.4. The standard InChI is InChI=1S/C28H36F2N2O3/c1-28(2,30)19-31-14-11-20(12-15-31)18-35-26-10-9-23(16-25(26)29)21-5-7-22(8-6-21)27(34)32-13-3-4-24(33)17-32/h5-10,16,20,24,33H,3-4,11-15,17-19H2,1-2H3/t24-/m0/s1. The van der Waals surface area contributed by atoms with E-state index in [4.69, 9.17) is 4.74 Å². The number of alkyl halides is 1. The van der Waals surface area contributed by atoms with Gasteiger partial charge in [-0.05, 0) is 93.9 Å². The SMILES string of the molecule is CC(C)(F)CN1CCC(COc2ccc(-c3ccc(C(=O)N4CCC[C@H](O)C4)cc3)cc2F)CC1. The monoisotopic (exact) mass is 486 g/mol. The summed E-state index contributed by atoms with van der Waals surface area (Å²) in [6.45, 7) is 6.77. The predicted molar refractivity (Wildman–Crippen MR) is 133 cm³/mol. The molecule has 0 bridgehead atoms. The largest absolute Gasteiger partial charge is 0.490 e. The highest BCUT2D eigenvalue weighted by atomic mass is 19.1. The molecular formula is C28H36F2N2O3. The van der Waals surface area contributed by atoms with Gasteiger partial charge in [-0.15, -0.1) is 0 Å². The molecule has 4 rings (SSSR count). The molecule has 2 aliphatic heterocycles. The van der Waals surface area contributed by atoms with Crippen LogP contribution in [0.25, 0.3) is 11.1 Å². The zero-order chi connectivity index (χ0) is 25.0. The number of halogens is 2. The molecule has 0 radical (unpaired) electrons. The predicted octanol–water partition coefficient (Wildman–Crippen LogP) is 4.93. The number of benzene rings is 2. The topological polar surface area (TPSA) is 53.0 Å². The van der Waals surface area contributed by atoms with Gasteiger partial charge >= 0.3 is 0 Å². The van der Waals surface area contributed by atoms with Gasteiger partial charge in [0.05, 0.1) is 12.7 Å². The molecule has 0 unspecified atom stereocenters. The van der Waals surface area contributed by atoms with Crippen LogP contribution < -0.4 is 4.74 Å². The number of carbonyl (C=O) groups excluding carboxylic acids is 1. The number of aliphatic hydroxyl groups is 1. The number of piperidine rings is 2. The first-order chi connectivity index (χ1) is 16.7. The van der Waals surface area contributed by atoms with Crippen molar-refractivity contribution in [2.45, 2.75) is 51.3 Å². The summed E-state index contributed by atoms with van der Waals surface area (Å²) in [6, 6.07) is 12.1. The molecule has 2 aromatic carbocycles. The Kier molecular flexibility index (Phi) is 8.07. The fourth-order valence-electron chi connectivity index (χ4n) is 4.98. The molecule has 2 aromatic rings. The van der Waals surface area contributed by atoms with Crippen LogP contribution in [0.3, 0.4) is 0 Å². The molecule has 2 fully saturated rings. The number of likely N-dealkylation sites (tertiary alicyclic amines) is 2. The van der Waals surface area contributed by atoms with Gasteiger partial charge in [0.25, 0.3) is 5.91 Å². The second kappa shape index (κ2) is 11.0. The highest BCUT2D eigenvalue weighted by Gasteiger charge is 2.26. The van der Waals surface area contributed by atoms with E-state index in [0.717, 1.165) is 44.3 Å². The van der Waals surface area contributed by atoms with E-state index in [1.54, 1.807) is 36.9 Å². The lowest BCUT2D eigenvalue weighted by molar-refractivity contribution is 0.0474. The van der Waals surface area contributed by atoms with E-state index in [9.17, 15) is 18.7 Å². The fourth-order valence-corrected chi connectivity index (χ4v) is 4.98. The molecule has 5 nitrogen and oxygen atoms in total. The van der Waals surface area contributed by atoms with Gasteiger partial charge in [-0.1, -0.05) is 18.2 Å². The van der Waals surface area contributed by atoms with Crippen LogP contribution >= 0.6 is 0 Å². The van der Waals surface area contributed by atoms with Crippen molar-refractivity contribution in [2.24, 2.45) is 5.92 Å². The van der Waals surface area contributed by atoms with Crippen LogP contribution in [0.1, 0.15) is 49.9 Å². The van der Waals surface area contributed by atoms with Gasteiger partial charge in [-0.25, -0.2) is 8.78 Å². The number of aliphatic hydroxyl groups excluding tert-OH is 1. The number of carbonyl (C=O) groups is 1. The normalized spacial score (nSPS) is 20.1. The van der Waals surface area contributed by atoms with Gasteiger partial charge in [-0.2, -0.15) is 0 Å². The lowest BCUT2D eigenvalue weighted by Crippen LogP contribution is -2.42. The molecule has 2 heterocycles. The molecule has 1 atom stereocenters. The minimum atomic E-state index is -1.19. The lowest BCUT2D eigenvalue weighted by atomic mass is 9.97. The molecule has 2 saturated heterocycles. The summed E-state index contributed by atoms with van der Waals surface area (Å²) in [6.07, 6.45) is 2.90. The first-order valence-electron chi connectivity index (χ1n) is 12.6. The highest BCUT2D eigenvalue weighted by Crippen LogP contribution is 2.28. The number of hydrogen-bond donors (Lipinski definition) is 1. The summed E-state index contributed by atoms with van der Waals surface area (Å²) in [5.41, 5.74) is 0.892. The number of rotatable bonds is 7. The third kappa shape index (κ3) is 7.01. The molecule has 1 amide bonds. The minimum absolute atomic E-state index is 0.0931. The third-order valence-electron chi connectivity index (χ3n) is 6.86. The van der Waals surface area contributed by atoms with Crippen molar-refractivity contribution in [3.63, 3.8) is 0 Å². The zero-order valence-electron chi connectivity index (χ0n) is 20.7. The second-order valence-electron chi connectivity index (χ2n) is 10.5. The van der Waals surface area contributed by atoms with Crippen molar-refractivity contribution in [1.29, 1.82) is 0 Å². The quantitative estimate of drug-likeness (QED) is 0.603. The van der Waals surface area contributed by atoms with Crippen molar-refractivity contribution in [3.8, 4) is 16.9 Å². The molecule has 190 valence electrons. The number of nitrogens with zero attached hydrogens (tertiary/aromatic N) is 2. The van der Waals surface area contributed by atoms with E-state index in [2.05, 4.69) is 4.90 Å². The van der Waals surface area contributed by atoms with Crippen molar-refractivity contribution >= 4 is 5.91 Å². The van der Waals surface area contributed by atoms with E-state index in [1.807, 2.05) is 18.2 Å². The maximum absolute atomic E-state index is 14.8. The van der Waals surface area contributed by atoms with Crippen LogP contribution in [0.4, 0.5) is 8.78 Å². The van der Waals surface area contributed by atoms with Crippen molar-refractivity contribution in [2.75, 3.05) is 39.3 Å². The van der Waals surface area contributed by atoms with Gasteiger partial charge in [0.15, 0.2) is 11.6 Å². The number of ether oxygens (including phenoxy) is 1. The van der Waals surface area contributed by atoms with Crippen molar-refractivity contribution in [1.82, 2.24) is 9.80 Å². The Morgan fingerprint density at radius 3 is 2.37 bits per heavy atom. The van der Waals surface area contributed by atoms with E-state index in [0.29, 0.717) is 43.3 Å². The third-order valence-corrected chi connectivity index (χ3v) is 6.86. The fraction of sp³-hybridized carbons (Fsp3) is 0.536. The Bertz CT molecular complexity index is 998. The van der Waals surface area contributed by atoms with Gasteiger partial charge in [-0.3, -0.25) is 4.79 Å². The maximum Gasteiger partial charge on any atom is 0.253 e. The molecule has 0 spiro atoms. The minimum Gasteiger partial charge on any atom is -0.490 e. The van der Waals surface area contributed by atoms with Crippen LogP contribution in [-0.4, -0.2) is 71.9 Å². The Hall–Kier alpha value is -2.51. The van der Waals surface area contributed by atoms with Gasteiger partial charge < -0.3 is 19.6 Å². The molecule has 7 heteroatoms. The average molecular weight is 487 g/mol. The van der Waals surface area contributed by atoms with E-state index < -0.39 is 17.6 Å². The maximum atomic E-state index is 14.8. The second-order valence-corrected chi connectivity index (χ2v) is 10.5. The smallest absolute Gasteiger partial charge is 0.253 e. The van der Waals surface area contributed by atoms with E-state index in [1.165, 1.54) is 6.07 Å². The van der Waals surface area contributed by atoms with Gasteiger partial charge in [0.2, 0.25) is 0 Å². The van der Waals surface area contributed by atoms with E-state index >= 15 is 0 Å². The molecule has 0 aromatic heterocycles. The molecule has 0 aliphatic carbocycles. The average Bonchev–Trinajstić information content (AvgIpc) is 2.83.